The Morgan fingerprint density at radius 1 is 0.970 bits per heavy atom. The van der Waals surface area contributed by atoms with Gasteiger partial charge in [0.05, 0.1) is 5.41 Å². The number of unbranched alkanes of at least 4 members (excludes halogenated alkanes) is 7. The molecule has 0 radical (unpaired) electrons. The van der Waals surface area contributed by atoms with Crippen molar-refractivity contribution in [2.75, 3.05) is 6.54 Å². The van der Waals surface area contributed by atoms with Crippen molar-refractivity contribution in [2.24, 2.45) is 5.41 Å². The lowest BCUT2D eigenvalue weighted by molar-refractivity contribution is -0.191. The molecule has 1 unspecified atom stereocenters. The second kappa shape index (κ2) is 10.9. The zero-order valence-corrected chi connectivity index (χ0v) is 20.1. The number of aryl methyl sites for hydroxylation is 1. The Morgan fingerprint density at radius 2 is 1.58 bits per heavy atom. The van der Waals surface area contributed by atoms with Crippen LogP contribution in [0.4, 0.5) is 13.2 Å². The number of fused-ring (bicyclic) bond motifs is 1. The van der Waals surface area contributed by atoms with Crippen LogP contribution in [-0.4, -0.2) is 23.6 Å². The van der Waals surface area contributed by atoms with Crippen LogP contribution in [0.15, 0.2) is 36.4 Å². The minimum Gasteiger partial charge on any atom is -0.287 e. The number of carbonyl (C=O) groups is 1. The fraction of sp³-hybridized carbons (Fsp3) is 0.593. The van der Waals surface area contributed by atoms with Crippen molar-refractivity contribution >= 4 is 16.7 Å². The van der Waals surface area contributed by atoms with Gasteiger partial charge < -0.3 is 0 Å². The van der Waals surface area contributed by atoms with Gasteiger partial charge in [-0.2, -0.15) is 13.2 Å². The molecule has 1 N–H and O–H groups in total. The highest BCUT2D eigenvalue weighted by Crippen LogP contribution is 2.43. The maximum absolute atomic E-state index is 14.4. The highest BCUT2D eigenvalue weighted by Gasteiger charge is 2.51. The summed E-state index contributed by atoms with van der Waals surface area (Å²) in [7, 11) is 0. The van der Waals surface area contributed by atoms with Crippen molar-refractivity contribution in [3.05, 3.63) is 47.5 Å². The van der Waals surface area contributed by atoms with Gasteiger partial charge in [0.1, 0.15) is 0 Å². The van der Waals surface area contributed by atoms with E-state index in [4.69, 9.17) is 0 Å². The molecule has 1 saturated heterocycles. The van der Waals surface area contributed by atoms with Crippen LogP contribution < -0.4 is 5.43 Å². The number of hydrogen-bond donors (Lipinski definition) is 1. The van der Waals surface area contributed by atoms with E-state index in [9.17, 15) is 18.0 Å². The zero-order chi connectivity index (χ0) is 24.1. The van der Waals surface area contributed by atoms with E-state index in [2.05, 4.69) is 12.3 Å². The number of hydrogen-bond acceptors (Lipinski definition) is 2. The first kappa shape index (κ1) is 25.5. The topological polar surface area (TPSA) is 32.3 Å². The van der Waals surface area contributed by atoms with Gasteiger partial charge in [0, 0.05) is 6.54 Å². The van der Waals surface area contributed by atoms with Gasteiger partial charge in [-0.05, 0) is 48.6 Å². The fourth-order valence-corrected chi connectivity index (χ4v) is 4.83. The third kappa shape index (κ3) is 6.28. The zero-order valence-electron chi connectivity index (χ0n) is 20.1. The Balaban J connectivity index is 1.83. The highest BCUT2D eigenvalue weighted by atomic mass is 19.4. The maximum atomic E-state index is 14.4. The average molecular weight is 463 g/mol. The molecule has 1 heterocycles. The lowest BCUT2D eigenvalue weighted by Gasteiger charge is -2.31. The molecule has 1 fully saturated rings. The first-order chi connectivity index (χ1) is 15.6. The molecule has 0 aliphatic carbocycles. The van der Waals surface area contributed by atoms with Gasteiger partial charge in [-0.25, -0.2) is 5.01 Å². The number of hydrazine groups is 1. The Bertz CT molecular complexity index is 933. The van der Waals surface area contributed by atoms with Gasteiger partial charge in [-0.3, -0.25) is 10.2 Å². The third-order valence-electron chi connectivity index (χ3n) is 6.66. The van der Waals surface area contributed by atoms with Crippen LogP contribution in [0.1, 0.15) is 89.3 Å². The quantitative estimate of drug-likeness (QED) is 0.351. The van der Waals surface area contributed by atoms with Crippen molar-refractivity contribution in [1.29, 1.82) is 0 Å². The molecular formula is C27H37F3N2O. The van der Waals surface area contributed by atoms with E-state index in [-0.39, 0.29) is 18.0 Å². The summed E-state index contributed by atoms with van der Waals surface area (Å²) in [6, 6.07) is 8.98. The van der Waals surface area contributed by atoms with Crippen molar-refractivity contribution in [3.8, 4) is 0 Å². The number of amides is 1. The largest absolute Gasteiger partial charge is 0.409 e. The fourth-order valence-electron chi connectivity index (χ4n) is 4.83. The maximum Gasteiger partial charge on any atom is 0.409 e. The minimum atomic E-state index is -4.52. The molecule has 182 valence electrons. The molecule has 2 aromatic rings. The SMILES string of the molecule is CCCCCCCCCCc1cccc2cccc(C(N3CC(C)(C)C(=O)N3)C(F)(F)F)c12. The summed E-state index contributed by atoms with van der Waals surface area (Å²) in [6.07, 6.45) is 5.75. The van der Waals surface area contributed by atoms with Crippen molar-refractivity contribution < 1.29 is 18.0 Å². The first-order valence-corrected chi connectivity index (χ1v) is 12.3. The number of nitrogens with one attached hydrogen (secondary N) is 1. The molecule has 1 aliphatic rings. The Morgan fingerprint density at radius 3 is 2.15 bits per heavy atom. The van der Waals surface area contributed by atoms with Crippen LogP contribution in [0.5, 0.6) is 0 Å². The third-order valence-corrected chi connectivity index (χ3v) is 6.66. The van der Waals surface area contributed by atoms with Crippen LogP contribution in [-0.2, 0) is 11.2 Å². The second-order valence-electron chi connectivity index (χ2n) is 9.98. The van der Waals surface area contributed by atoms with Crippen LogP contribution >= 0.6 is 0 Å². The summed E-state index contributed by atoms with van der Waals surface area (Å²) in [5, 5.41) is 2.55. The summed E-state index contributed by atoms with van der Waals surface area (Å²) in [5.74, 6) is -0.379. The van der Waals surface area contributed by atoms with E-state index in [1.54, 1.807) is 26.0 Å². The molecule has 2 aromatic carbocycles. The summed E-state index contributed by atoms with van der Waals surface area (Å²) < 4.78 is 43.1. The lowest BCUT2D eigenvalue weighted by Crippen LogP contribution is -2.43. The number of benzene rings is 2. The van der Waals surface area contributed by atoms with Gasteiger partial charge in [0.25, 0.3) is 0 Å². The molecule has 33 heavy (non-hydrogen) atoms. The number of halogens is 3. The molecule has 0 bridgehead atoms. The molecule has 1 amide bonds. The molecule has 0 saturated carbocycles. The smallest absolute Gasteiger partial charge is 0.287 e. The van der Waals surface area contributed by atoms with Crippen LogP contribution in [0, 0.1) is 5.41 Å². The van der Waals surface area contributed by atoms with Crippen LogP contribution in [0.2, 0.25) is 0 Å². The summed E-state index contributed by atoms with van der Waals surface area (Å²) in [4.78, 5) is 12.3. The minimum absolute atomic E-state index is 0.00654. The van der Waals surface area contributed by atoms with E-state index in [1.807, 2.05) is 24.3 Å². The number of alkyl halides is 3. The predicted molar refractivity (Wildman–Crippen MR) is 128 cm³/mol. The molecule has 1 atom stereocenters. The second-order valence-corrected chi connectivity index (χ2v) is 9.98. The van der Waals surface area contributed by atoms with Crippen molar-refractivity contribution in [2.45, 2.75) is 90.8 Å². The molecule has 3 nitrogen and oxygen atoms in total. The standard InChI is InChI=1S/C27H37F3N2O/c1-4-5-6-7-8-9-10-11-14-20-15-12-16-21-17-13-18-22(23(20)21)24(27(28,29)30)32-19-26(2,3)25(33)31-32/h12-13,15-18,24H,4-11,14,19H2,1-3H3,(H,31,33). The van der Waals surface area contributed by atoms with E-state index in [1.165, 1.54) is 38.5 Å². The van der Waals surface area contributed by atoms with E-state index in [0.717, 1.165) is 35.2 Å². The van der Waals surface area contributed by atoms with E-state index in [0.29, 0.717) is 5.39 Å². The Hall–Kier alpha value is -2.08. The van der Waals surface area contributed by atoms with Gasteiger partial charge in [-0.15, -0.1) is 0 Å². The Kier molecular flexibility index (Phi) is 8.43. The van der Waals surface area contributed by atoms with Crippen LogP contribution in [0.3, 0.4) is 0 Å². The molecular weight excluding hydrogens is 425 g/mol. The van der Waals surface area contributed by atoms with Gasteiger partial charge >= 0.3 is 6.18 Å². The number of nitrogens with zero attached hydrogens (tertiary/aromatic N) is 1. The van der Waals surface area contributed by atoms with Gasteiger partial charge in [0.2, 0.25) is 5.91 Å². The number of carbonyl (C=O) groups excluding carboxylic acids is 1. The monoisotopic (exact) mass is 462 g/mol. The average Bonchev–Trinajstić information content (AvgIpc) is 3.01. The first-order valence-electron chi connectivity index (χ1n) is 12.3. The normalized spacial score (nSPS) is 17.5. The molecule has 0 spiro atoms. The van der Waals surface area contributed by atoms with Gasteiger partial charge in [0.15, 0.2) is 6.04 Å². The van der Waals surface area contributed by atoms with Crippen molar-refractivity contribution in [3.63, 3.8) is 0 Å². The molecule has 6 heteroatoms. The van der Waals surface area contributed by atoms with E-state index >= 15 is 0 Å². The van der Waals surface area contributed by atoms with E-state index < -0.39 is 17.6 Å². The number of rotatable bonds is 11. The lowest BCUT2D eigenvalue weighted by atomic mass is 9.90. The van der Waals surface area contributed by atoms with Crippen molar-refractivity contribution in [1.82, 2.24) is 10.4 Å². The summed E-state index contributed by atoms with van der Waals surface area (Å²) in [5.41, 5.74) is 2.79. The highest BCUT2D eigenvalue weighted by molar-refractivity contribution is 5.90. The summed E-state index contributed by atoms with van der Waals surface area (Å²) in [6.45, 7) is 5.56. The molecule has 0 aromatic heterocycles. The summed E-state index contributed by atoms with van der Waals surface area (Å²) >= 11 is 0. The Labute approximate surface area is 195 Å². The molecule has 3 rings (SSSR count). The van der Waals surface area contributed by atoms with Gasteiger partial charge in [-0.1, -0.05) is 88.3 Å². The molecule has 1 aliphatic heterocycles. The van der Waals surface area contributed by atoms with Crippen LogP contribution in [0.25, 0.3) is 10.8 Å². The predicted octanol–water partition coefficient (Wildman–Crippen LogP) is 7.50.